The molecule has 0 radical (unpaired) electrons. The van der Waals surface area contributed by atoms with E-state index in [-0.39, 0.29) is 11.3 Å². The summed E-state index contributed by atoms with van der Waals surface area (Å²) >= 11 is 0. The highest BCUT2D eigenvalue weighted by Gasteiger charge is 2.38. The topological polar surface area (TPSA) is 47.6 Å². The molecule has 120 valence electrons. The SMILES string of the molecule is CC#N.CC(C)(C)C(C#N)C1CC1.CC(C)(C)CC1CC1. The minimum Gasteiger partial charge on any atom is -0.199 e. The number of nitriles is 2. The molecule has 0 aromatic heterocycles. The van der Waals surface area contributed by atoms with E-state index in [2.05, 4.69) is 47.6 Å². The monoisotopic (exact) mass is 290 g/mol. The average molecular weight is 290 g/mol. The van der Waals surface area contributed by atoms with E-state index in [1.807, 2.05) is 0 Å². The molecular formula is C19H34N2. The van der Waals surface area contributed by atoms with Crippen LogP contribution in [0.4, 0.5) is 0 Å². The molecule has 2 heteroatoms. The minimum absolute atomic E-state index is 0.190. The van der Waals surface area contributed by atoms with Crippen LogP contribution < -0.4 is 0 Å². The van der Waals surface area contributed by atoms with Gasteiger partial charge in [0.25, 0.3) is 0 Å². The number of nitrogens with zero attached hydrogens (tertiary/aromatic N) is 2. The summed E-state index contributed by atoms with van der Waals surface area (Å²) in [7, 11) is 0. The summed E-state index contributed by atoms with van der Waals surface area (Å²) < 4.78 is 0. The predicted molar refractivity (Wildman–Crippen MR) is 89.4 cm³/mol. The maximum absolute atomic E-state index is 8.82. The van der Waals surface area contributed by atoms with E-state index >= 15 is 0 Å². The molecule has 2 rings (SSSR count). The number of hydrogen-bond donors (Lipinski definition) is 0. The summed E-state index contributed by atoms with van der Waals surface area (Å²) in [5, 5.41) is 16.1. The van der Waals surface area contributed by atoms with Crippen LogP contribution in [-0.2, 0) is 0 Å². The third-order valence-corrected chi connectivity index (χ3v) is 3.76. The molecule has 0 spiro atoms. The fraction of sp³-hybridized carbons (Fsp3) is 0.895. The second-order valence-corrected chi connectivity index (χ2v) is 8.74. The van der Waals surface area contributed by atoms with E-state index in [4.69, 9.17) is 10.5 Å². The lowest BCUT2D eigenvalue weighted by Gasteiger charge is -2.24. The molecule has 2 aliphatic rings. The minimum atomic E-state index is 0.190. The Bertz CT molecular complexity index is 362. The third-order valence-electron chi connectivity index (χ3n) is 3.76. The van der Waals surface area contributed by atoms with Crippen LogP contribution in [0.3, 0.4) is 0 Å². The molecule has 0 aromatic carbocycles. The van der Waals surface area contributed by atoms with Gasteiger partial charge in [0.15, 0.2) is 0 Å². The lowest BCUT2D eigenvalue weighted by molar-refractivity contribution is 0.272. The molecule has 2 saturated carbocycles. The van der Waals surface area contributed by atoms with Gasteiger partial charge >= 0.3 is 0 Å². The molecule has 0 saturated heterocycles. The quantitative estimate of drug-likeness (QED) is 0.631. The Morgan fingerprint density at radius 2 is 1.38 bits per heavy atom. The molecule has 0 aromatic rings. The third kappa shape index (κ3) is 11.3. The second-order valence-electron chi connectivity index (χ2n) is 8.74. The fourth-order valence-electron chi connectivity index (χ4n) is 2.62. The van der Waals surface area contributed by atoms with Crippen molar-refractivity contribution in [3.63, 3.8) is 0 Å². The van der Waals surface area contributed by atoms with Gasteiger partial charge < -0.3 is 0 Å². The number of hydrogen-bond acceptors (Lipinski definition) is 2. The molecule has 2 fully saturated rings. The normalized spacial score (nSPS) is 18.9. The van der Waals surface area contributed by atoms with Gasteiger partial charge in [-0.25, -0.2) is 0 Å². The maximum Gasteiger partial charge on any atom is 0.0664 e. The summed E-state index contributed by atoms with van der Waals surface area (Å²) in [6, 6.07) is 4.15. The summed E-state index contributed by atoms with van der Waals surface area (Å²) in [5.74, 6) is 2.09. The predicted octanol–water partition coefficient (Wildman–Crippen LogP) is 5.94. The molecule has 0 N–H and O–H groups in total. The molecule has 2 nitrogen and oxygen atoms in total. The van der Waals surface area contributed by atoms with Crippen molar-refractivity contribution in [1.29, 1.82) is 10.5 Å². The first-order chi connectivity index (χ1) is 9.55. The second kappa shape index (κ2) is 8.43. The van der Waals surface area contributed by atoms with Gasteiger partial charge in [-0.15, -0.1) is 0 Å². The van der Waals surface area contributed by atoms with Gasteiger partial charge in [-0.2, -0.15) is 10.5 Å². The first-order valence-corrected chi connectivity index (χ1v) is 8.25. The highest BCUT2D eigenvalue weighted by Crippen LogP contribution is 2.44. The zero-order chi connectivity index (χ0) is 16.7. The van der Waals surface area contributed by atoms with Crippen molar-refractivity contribution in [3.8, 4) is 12.1 Å². The summed E-state index contributed by atoms with van der Waals surface area (Å²) in [4.78, 5) is 0. The number of rotatable bonds is 2. The van der Waals surface area contributed by atoms with Crippen molar-refractivity contribution >= 4 is 0 Å². The fourth-order valence-corrected chi connectivity index (χ4v) is 2.62. The van der Waals surface area contributed by atoms with Crippen LogP contribution in [0, 0.1) is 51.2 Å². The molecule has 0 aliphatic heterocycles. The zero-order valence-corrected chi connectivity index (χ0v) is 15.2. The van der Waals surface area contributed by atoms with Gasteiger partial charge in [-0.3, -0.25) is 0 Å². The molecule has 0 bridgehead atoms. The van der Waals surface area contributed by atoms with Crippen LogP contribution >= 0.6 is 0 Å². The van der Waals surface area contributed by atoms with Crippen LogP contribution in [0.2, 0.25) is 0 Å². The molecule has 1 atom stereocenters. The Hall–Kier alpha value is -1.02. The lowest BCUT2D eigenvalue weighted by Crippen LogP contribution is -2.20. The van der Waals surface area contributed by atoms with Crippen molar-refractivity contribution in [2.75, 3.05) is 0 Å². The van der Waals surface area contributed by atoms with Gasteiger partial charge in [0, 0.05) is 6.92 Å². The van der Waals surface area contributed by atoms with E-state index in [1.165, 1.54) is 39.0 Å². The van der Waals surface area contributed by atoms with Gasteiger partial charge in [0.1, 0.15) is 0 Å². The van der Waals surface area contributed by atoms with Crippen molar-refractivity contribution in [1.82, 2.24) is 0 Å². The van der Waals surface area contributed by atoms with Crippen LogP contribution in [0.25, 0.3) is 0 Å². The summed E-state index contributed by atoms with van der Waals surface area (Å²) in [5.41, 5.74) is 0.775. The average Bonchev–Trinajstić information content (AvgIpc) is 3.11. The Morgan fingerprint density at radius 1 is 0.952 bits per heavy atom. The maximum atomic E-state index is 8.82. The van der Waals surface area contributed by atoms with Crippen molar-refractivity contribution < 1.29 is 0 Å². The van der Waals surface area contributed by atoms with E-state index in [9.17, 15) is 0 Å². The first-order valence-electron chi connectivity index (χ1n) is 8.25. The van der Waals surface area contributed by atoms with Gasteiger partial charge in [0.05, 0.1) is 18.1 Å². The van der Waals surface area contributed by atoms with Crippen LogP contribution in [-0.4, -0.2) is 0 Å². The smallest absolute Gasteiger partial charge is 0.0664 e. The van der Waals surface area contributed by atoms with Gasteiger partial charge in [-0.1, -0.05) is 54.4 Å². The zero-order valence-electron chi connectivity index (χ0n) is 15.2. The van der Waals surface area contributed by atoms with Gasteiger partial charge in [0.2, 0.25) is 0 Å². The summed E-state index contributed by atoms with van der Waals surface area (Å²) in [6.45, 7) is 14.9. The van der Waals surface area contributed by atoms with Gasteiger partial charge in [-0.05, 0) is 41.9 Å². The van der Waals surface area contributed by atoms with Crippen molar-refractivity contribution in [2.24, 2.45) is 28.6 Å². The highest BCUT2D eigenvalue weighted by molar-refractivity contribution is 5.00. The molecule has 1 unspecified atom stereocenters. The molecule has 0 heterocycles. The van der Waals surface area contributed by atoms with Crippen molar-refractivity contribution in [3.05, 3.63) is 0 Å². The Balaban J connectivity index is 0.000000327. The van der Waals surface area contributed by atoms with Crippen molar-refractivity contribution in [2.45, 2.75) is 80.6 Å². The first kappa shape index (κ1) is 20.0. The van der Waals surface area contributed by atoms with Crippen LogP contribution in [0.1, 0.15) is 80.6 Å². The Morgan fingerprint density at radius 3 is 1.48 bits per heavy atom. The Kier molecular flexibility index (Phi) is 8.02. The van der Waals surface area contributed by atoms with E-state index in [1.54, 1.807) is 6.07 Å². The molecule has 21 heavy (non-hydrogen) atoms. The summed E-state index contributed by atoms with van der Waals surface area (Å²) in [6.07, 6.45) is 6.98. The van der Waals surface area contributed by atoms with E-state index in [0.29, 0.717) is 11.3 Å². The molecule has 0 amide bonds. The van der Waals surface area contributed by atoms with Crippen LogP contribution in [0.5, 0.6) is 0 Å². The molecule has 2 aliphatic carbocycles. The largest absolute Gasteiger partial charge is 0.199 e. The Labute approximate surface area is 132 Å². The molecular weight excluding hydrogens is 256 g/mol. The standard InChI is InChI=1S/C9H15N.C8H16.C2H3N/c1-9(2,3)8(6-10)7-4-5-7;1-8(2,3)6-7-4-5-7;1-2-3/h7-8H,4-5H2,1-3H3;7H,4-6H2,1-3H3;1H3. The highest BCUT2D eigenvalue weighted by atomic mass is 14.4. The lowest BCUT2D eigenvalue weighted by atomic mass is 9.79. The van der Waals surface area contributed by atoms with Crippen LogP contribution in [0.15, 0.2) is 0 Å². The van der Waals surface area contributed by atoms with E-state index < -0.39 is 0 Å². The van der Waals surface area contributed by atoms with E-state index in [0.717, 1.165) is 5.92 Å².